The van der Waals surface area contributed by atoms with Gasteiger partial charge in [-0.15, -0.1) is 0 Å². The second-order valence-electron chi connectivity index (χ2n) is 13.4. The van der Waals surface area contributed by atoms with E-state index in [4.69, 9.17) is 4.74 Å². The van der Waals surface area contributed by atoms with Gasteiger partial charge in [0, 0.05) is 24.4 Å². The normalized spacial score (nSPS) is 19.3. The zero-order valence-electron chi connectivity index (χ0n) is 27.2. The maximum Gasteiger partial charge on any atom is 0.277 e. The fraction of sp³-hybridized carbons (Fsp3) is 0.282. The van der Waals surface area contributed by atoms with E-state index in [0.29, 0.717) is 25.3 Å². The van der Waals surface area contributed by atoms with E-state index in [0.717, 1.165) is 58.2 Å². The van der Waals surface area contributed by atoms with Gasteiger partial charge in [0.1, 0.15) is 21.6 Å². The SMILES string of the molecule is CC1COc2c(S(=N)(=O)NC(c3ccccc3)(c3ccccc3)c3ccccc3)c(C(=O)Nc3c4c(cc5c3C[C@@H](F)C5)CCC4)nn2C1. The smallest absolute Gasteiger partial charge is 0.277 e. The van der Waals surface area contributed by atoms with E-state index in [-0.39, 0.29) is 28.8 Å². The second-order valence-corrected chi connectivity index (χ2v) is 15.2. The van der Waals surface area contributed by atoms with Crippen LogP contribution in [-0.2, 0) is 47.7 Å². The van der Waals surface area contributed by atoms with Gasteiger partial charge in [0.2, 0.25) is 5.88 Å². The summed E-state index contributed by atoms with van der Waals surface area (Å²) in [5.41, 5.74) is 5.45. The highest BCUT2D eigenvalue weighted by molar-refractivity contribution is 7.90. The summed E-state index contributed by atoms with van der Waals surface area (Å²) in [4.78, 5) is 14.4. The first-order valence-corrected chi connectivity index (χ1v) is 18.4. The zero-order chi connectivity index (χ0) is 33.8. The lowest BCUT2D eigenvalue weighted by Gasteiger charge is -2.37. The average Bonchev–Trinajstić information content (AvgIpc) is 3.85. The zero-order valence-corrected chi connectivity index (χ0v) is 28.1. The molecule has 49 heavy (non-hydrogen) atoms. The molecule has 2 aliphatic carbocycles. The van der Waals surface area contributed by atoms with Crippen LogP contribution in [0.3, 0.4) is 0 Å². The van der Waals surface area contributed by atoms with Gasteiger partial charge in [-0.3, -0.25) is 4.79 Å². The molecule has 1 amide bonds. The monoisotopic (exact) mass is 675 g/mol. The van der Waals surface area contributed by atoms with Gasteiger partial charge < -0.3 is 10.1 Å². The Bertz CT molecular complexity index is 2060. The Morgan fingerprint density at radius 2 is 1.53 bits per heavy atom. The first-order valence-electron chi connectivity index (χ1n) is 16.8. The maximum atomic E-state index is 15.3. The number of nitrogens with one attached hydrogen (secondary N) is 3. The van der Waals surface area contributed by atoms with E-state index in [1.165, 1.54) is 0 Å². The van der Waals surface area contributed by atoms with Gasteiger partial charge in [0.25, 0.3) is 5.91 Å². The van der Waals surface area contributed by atoms with Crippen LogP contribution in [-0.4, -0.2) is 32.7 Å². The summed E-state index contributed by atoms with van der Waals surface area (Å²) in [5.74, 6) is -0.360. The van der Waals surface area contributed by atoms with E-state index in [1.807, 2.05) is 97.9 Å². The Kier molecular flexibility index (Phi) is 7.88. The number of ether oxygens (including phenoxy) is 1. The van der Waals surface area contributed by atoms with Gasteiger partial charge >= 0.3 is 0 Å². The molecule has 0 spiro atoms. The van der Waals surface area contributed by atoms with Gasteiger partial charge in [0.05, 0.1) is 13.2 Å². The number of fused-ring (bicyclic) bond motifs is 3. The number of carbonyl (C=O) groups is 1. The molecule has 0 fully saturated rings. The largest absolute Gasteiger partial charge is 0.477 e. The average molecular weight is 676 g/mol. The summed E-state index contributed by atoms with van der Waals surface area (Å²) in [7, 11) is -4.06. The number of alkyl halides is 1. The number of aromatic nitrogens is 2. The Morgan fingerprint density at radius 1 is 0.918 bits per heavy atom. The van der Waals surface area contributed by atoms with Crippen LogP contribution in [0.1, 0.15) is 62.8 Å². The minimum atomic E-state index is -4.06. The molecule has 8 rings (SSSR count). The van der Waals surface area contributed by atoms with Crippen LogP contribution in [0.4, 0.5) is 10.1 Å². The van der Waals surface area contributed by atoms with Crippen molar-refractivity contribution in [1.29, 1.82) is 4.78 Å². The number of carbonyl (C=O) groups excluding carboxylic acids is 1. The molecular weight excluding hydrogens is 638 g/mol. The molecule has 0 saturated carbocycles. The van der Waals surface area contributed by atoms with Crippen molar-refractivity contribution in [2.75, 3.05) is 11.9 Å². The number of amides is 1. The molecule has 0 saturated heterocycles. The van der Waals surface area contributed by atoms with Crippen LogP contribution < -0.4 is 14.8 Å². The van der Waals surface area contributed by atoms with Crippen molar-refractivity contribution in [1.82, 2.24) is 14.5 Å². The third-order valence-electron chi connectivity index (χ3n) is 9.98. The molecule has 250 valence electrons. The lowest BCUT2D eigenvalue weighted by Crippen LogP contribution is -2.47. The molecule has 3 N–H and O–H groups in total. The molecule has 1 aliphatic heterocycles. The van der Waals surface area contributed by atoms with Gasteiger partial charge in [0.15, 0.2) is 10.6 Å². The highest BCUT2D eigenvalue weighted by Crippen LogP contribution is 2.42. The molecule has 0 bridgehead atoms. The highest BCUT2D eigenvalue weighted by atomic mass is 32.2. The van der Waals surface area contributed by atoms with Crippen molar-refractivity contribution >= 4 is 21.5 Å². The molecule has 1 aromatic heterocycles. The predicted octanol–water partition coefficient (Wildman–Crippen LogP) is 6.99. The fourth-order valence-electron chi connectivity index (χ4n) is 7.80. The van der Waals surface area contributed by atoms with E-state index < -0.39 is 27.5 Å². The van der Waals surface area contributed by atoms with Crippen molar-refractivity contribution in [2.24, 2.45) is 5.92 Å². The Balaban J connectivity index is 1.29. The Hall–Kier alpha value is -4.80. The van der Waals surface area contributed by atoms with E-state index in [9.17, 15) is 14.0 Å². The van der Waals surface area contributed by atoms with Crippen molar-refractivity contribution in [3.8, 4) is 5.88 Å². The molecule has 2 unspecified atom stereocenters. The highest BCUT2D eigenvalue weighted by Gasteiger charge is 2.43. The van der Waals surface area contributed by atoms with Crippen LogP contribution in [0.5, 0.6) is 5.88 Å². The van der Waals surface area contributed by atoms with Crippen LogP contribution in [0.25, 0.3) is 0 Å². The third-order valence-corrected chi connectivity index (χ3v) is 11.5. The maximum absolute atomic E-state index is 15.3. The number of anilines is 1. The Labute approximate surface area is 285 Å². The minimum absolute atomic E-state index is 0.0881. The van der Waals surface area contributed by atoms with Crippen molar-refractivity contribution in [3.63, 3.8) is 0 Å². The Morgan fingerprint density at radius 3 is 2.14 bits per heavy atom. The number of nitrogens with zero attached hydrogens (tertiary/aromatic N) is 2. The van der Waals surface area contributed by atoms with Gasteiger partial charge in [-0.05, 0) is 58.2 Å². The summed E-state index contributed by atoms with van der Waals surface area (Å²) >= 11 is 0. The van der Waals surface area contributed by atoms with Crippen LogP contribution in [0.15, 0.2) is 102 Å². The van der Waals surface area contributed by atoms with E-state index in [2.05, 4.69) is 21.2 Å². The molecule has 10 heteroatoms. The third kappa shape index (κ3) is 5.43. The number of hydrogen-bond donors (Lipinski definition) is 3. The van der Waals surface area contributed by atoms with Crippen molar-refractivity contribution in [2.45, 2.75) is 62.2 Å². The second kappa shape index (κ2) is 12.3. The molecule has 3 atom stereocenters. The molecule has 8 nitrogen and oxygen atoms in total. The number of rotatable bonds is 8. The quantitative estimate of drug-likeness (QED) is 0.154. The lowest BCUT2D eigenvalue weighted by atomic mass is 9.78. The minimum Gasteiger partial charge on any atom is -0.477 e. The van der Waals surface area contributed by atoms with E-state index >= 15 is 4.21 Å². The van der Waals surface area contributed by atoms with Gasteiger partial charge in [-0.1, -0.05) is 104 Å². The van der Waals surface area contributed by atoms with Crippen LogP contribution in [0.2, 0.25) is 0 Å². The molecule has 5 aromatic rings. The van der Waals surface area contributed by atoms with Gasteiger partial charge in [-0.2, -0.15) is 5.10 Å². The summed E-state index contributed by atoms with van der Waals surface area (Å²) in [6, 6.07) is 30.9. The van der Waals surface area contributed by atoms with Gasteiger partial charge in [-0.25, -0.2) is 22.8 Å². The molecule has 3 aliphatic rings. The lowest BCUT2D eigenvalue weighted by molar-refractivity contribution is 0.101. The summed E-state index contributed by atoms with van der Waals surface area (Å²) < 4.78 is 50.8. The molecule has 4 aromatic carbocycles. The molecule has 0 radical (unpaired) electrons. The first kappa shape index (κ1) is 31.5. The number of hydrogen-bond acceptors (Lipinski definition) is 5. The molecular formula is C39H38FN5O3S. The van der Waals surface area contributed by atoms with Crippen LogP contribution >= 0.6 is 0 Å². The number of benzene rings is 4. The molecule has 2 heterocycles. The summed E-state index contributed by atoms with van der Waals surface area (Å²) in [6.07, 6.45) is 2.18. The standard InChI is InChI=1S/C39H38FN5O3S/c1-25-23-45-38(48-24-25)36(35(43-45)37(46)42-34-32-19-11-12-26(32)20-27-21-31(40)22-33(27)34)49(41,47)44-39(28-13-5-2-6-14-28,29-15-7-3-8-16-29)30-17-9-4-10-18-30/h2-10,13-18,20,25,31H,11-12,19,21-24H2,1H3,(H,42,46)(H2,41,44,47)/t25?,31-,49?/m0/s1. The van der Waals surface area contributed by atoms with Crippen molar-refractivity contribution in [3.05, 3.63) is 142 Å². The summed E-state index contributed by atoms with van der Waals surface area (Å²) in [5, 5.41) is 7.78. The first-order chi connectivity index (χ1) is 23.7. The topological polar surface area (TPSA) is 109 Å². The van der Waals surface area contributed by atoms with Crippen molar-refractivity contribution < 1.29 is 18.1 Å². The van der Waals surface area contributed by atoms with E-state index in [1.54, 1.807) is 4.68 Å². The number of halogens is 1. The van der Waals surface area contributed by atoms with Crippen LogP contribution in [0, 0.1) is 10.7 Å². The number of aryl methyl sites for hydroxylation is 1. The fourth-order valence-corrected chi connectivity index (χ4v) is 9.50. The predicted molar refractivity (Wildman–Crippen MR) is 187 cm³/mol. The summed E-state index contributed by atoms with van der Waals surface area (Å²) in [6.45, 7) is 2.77.